The van der Waals surface area contributed by atoms with Crippen LogP contribution in [0.25, 0.3) is 0 Å². The molecule has 0 aromatic carbocycles. The van der Waals surface area contributed by atoms with Crippen molar-refractivity contribution < 1.29 is 0 Å². The number of piperidine rings is 1. The largest absolute Gasteiger partial charge is 0.355 e. The van der Waals surface area contributed by atoms with Gasteiger partial charge in [0.25, 0.3) is 0 Å². The summed E-state index contributed by atoms with van der Waals surface area (Å²) < 4.78 is 2.08. The van der Waals surface area contributed by atoms with E-state index >= 15 is 0 Å². The summed E-state index contributed by atoms with van der Waals surface area (Å²) in [6.45, 7) is 7.70. The number of nitrogens with one attached hydrogen (secondary N) is 1. The molecule has 0 aliphatic carbocycles. The van der Waals surface area contributed by atoms with Crippen LogP contribution >= 0.6 is 31.9 Å². The third-order valence-corrected chi connectivity index (χ3v) is 4.44. The van der Waals surface area contributed by atoms with Crippen LogP contribution in [0.2, 0.25) is 0 Å². The van der Waals surface area contributed by atoms with Crippen molar-refractivity contribution in [3.63, 3.8) is 0 Å². The standard InChI is InChI=1S/C14H21Br2N3/c1-10(2)17-7-11-4-3-5-19(9-11)14-13(16)6-12(15)8-18-14/h6,8,10-11,17H,3-5,7,9H2,1-2H3. The summed E-state index contributed by atoms with van der Waals surface area (Å²) in [4.78, 5) is 6.94. The number of hydrogen-bond acceptors (Lipinski definition) is 3. The molecule has 1 unspecified atom stereocenters. The predicted molar refractivity (Wildman–Crippen MR) is 87.7 cm³/mol. The Hall–Kier alpha value is -0.130. The maximum absolute atomic E-state index is 4.54. The first kappa shape index (κ1) is 15.3. The van der Waals surface area contributed by atoms with Crippen molar-refractivity contribution >= 4 is 37.7 Å². The van der Waals surface area contributed by atoms with E-state index in [0.29, 0.717) is 12.0 Å². The summed E-state index contributed by atoms with van der Waals surface area (Å²) in [5.74, 6) is 1.78. The average Bonchev–Trinajstić information content (AvgIpc) is 2.36. The van der Waals surface area contributed by atoms with Crippen LogP contribution in [0.4, 0.5) is 5.82 Å². The Labute approximate surface area is 132 Å². The highest BCUT2D eigenvalue weighted by Gasteiger charge is 2.22. The Morgan fingerprint density at radius 2 is 2.26 bits per heavy atom. The Morgan fingerprint density at radius 1 is 1.47 bits per heavy atom. The first-order valence-corrected chi connectivity index (χ1v) is 8.44. The van der Waals surface area contributed by atoms with E-state index in [2.05, 4.69) is 67.0 Å². The predicted octanol–water partition coefficient (Wildman–Crippen LogP) is 3.82. The number of rotatable bonds is 4. The topological polar surface area (TPSA) is 28.2 Å². The van der Waals surface area contributed by atoms with Crippen molar-refractivity contribution in [3.05, 3.63) is 21.2 Å². The van der Waals surface area contributed by atoms with Crippen molar-refractivity contribution in [1.82, 2.24) is 10.3 Å². The molecule has 2 rings (SSSR count). The number of hydrogen-bond donors (Lipinski definition) is 1. The van der Waals surface area contributed by atoms with Gasteiger partial charge in [-0.15, -0.1) is 0 Å². The molecule has 1 fully saturated rings. The normalized spacial score (nSPS) is 20.1. The van der Waals surface area contributed by atoms with E-state index < -0.39 is 0 Å². The number of aromatic nitrogens is 1. The lowest BCUT2D eigenvalue weighted by atomic mass is 9.97. The number of halogens is 2. The second-order valence-corrected chi connectivity index (χ2v) is 7.25. The molecule has 1 aromatic heterocycles. The lowest BCUT2D eigenvalue weighted by Crippen LogP contribution is -2.41. The van der Waals surface area contributed by atoms with E-state index in [-0.39, 0.29) is 0 Å². The Bertz CT molecular complexity index is 423. The number of anilines is 1. The summed E-state index contributed by atoms with van der Waals surface area (Å²) in [6.07, 6.45) is 4.43. The van der Waals surface area contributed by atoms with E-state index in [1.165, 1.54) is 12.8 Å². The zero-order chi connectivity index (χ0) is 13.8. The van der Waals surface area contributed by atoms with Crippen LogP contribution in [-0.4, -0.2) is 30.7 Å². The number of nitrogens with zero attached hydrogens (tertiary/aromatic N) is 2. The summed E-state index contributed by atoms with van der Waals surface area (Å²) in [5, 5.41) is 3.54. The molecular formula is C14H21Br2N3. The van der Waals surface area contributed by atoms with Gasteiger partial charge in [0.2, 0.25) is 0 Å². The van der Waals surface area contributed by atoms with E-state index in [1.54, 1.807) is 0 Å². The maximum atomic E-state index is 4.54. The first-order valence-electron chi connectivity index (χ1n) is 6.85. The monoisotopic (exact) mass is 389 g/mol. The van der Waals surface area contributed by atoms with Gasteiger partial charge in [-0.05, 0) is 63.2 Å². The van der Waals surface area contributed by atoms with Crippen LogP contribution in [0.15, 0.2) is 21.2 Å². The van der Waals surface area contributed by atoms with E-state index in [0.717, 1.165) is 34.4 Å². The summed E-state index contributed by atoms with van der Waals surface area (Å²) in [5.41, 5.74) is 0. The third-order valence-electron chi connectivity index (χ3n) is 3.42. The molecule has 0 amide bonds. The van der Waals surface area contributed by atoms with Crippen LogP contribution in [0.3, 0.4) is 0 Å². The molecule has 1 aliphatic heterocycles. The van der Waals surface area contributed by atoms with Crippen molar-refractivity contribution in [1.29, 1.82) is 0 Å². The highest BCUT2D eigenvalue weighted by molar-refractivity contribution is 9.11. The Balaban J connectivity index is 2.00. The van der Waals surface area contributed by atoms with Gasteiger partial charge in [-0.1, -0.05) is 13.8 Å². The summed E-state index contributed by atoms with van der Waals surface area (Å²) in [6, 6.07) is 2.63. The minimum atomic E-state index is 0.563. The van der Waals surface area contributed by atoms with Crippen LogP contribution in [0.5, 0.6) is 0 Å². The highest BCUT2D eigenvalue weighted by atomic mass is 79.9. The van der Waals surface area contributed by atoms with E-state index in [4.69, 9.17) is 0 Å². The molecule has 0 radical (unpaired) electrons. The van der Waals surface area contributed by atoms with Gasteiger partial charge in [-0.25, -0.2) is 4.98 Å². The SMILES string of the molecule is CC(C)NCC1CCCN(c2ncc(Br)cc2Br)C1. The highest BCUT2D eigenvalue weighted by Crippen LogP contribution is 2.29. The molecule has 1 saturated heterocycles. The van der Waals surface area contributed by atoms with Crippen molar-refractivity contribution in [3.8, 4) is 0 Å². The Kier molecular flexibility index (Phi) is 5.66. The van der Waals surface area contributed by atoms with Gasteiger partial charge in [0.15, 0.2) is 0 Å². The van der Waals surface area contributed by atoms with Gasteiger partial charge in [0.05, 0.1) is 4.47 Å². The minimum Gasteiger partial charge on any atom is -0.355 e. The van der Waals surface area contributed by atoms with Crippen molar-refractivity contribution in [2.75, 3.05) is 24.5 Å². The van der Waals surface area contributed by atoms with Crippen LogP contribution in [0.1, 0.15) is 26.7 Å². The van der Waals surface area contributed by atoms with Crippen molar-refractivity contribution in [2.24, 2.45) is 5.92 Å². The molecule has 0 bridgehead atoms. The molecule has 106 valence electrons. The lowest BCUT2D eigenvalue weighted by molar-refractivity contribution is 0.378. The quantitative estimate of drug-likeness (QED) is 0.846. The van der Waals surface area contributed by atoms with E-state index in [1.807, 2.05) is 6.20 Å². The van der Waals surface area contributed by atoms with Crippen LogP contribution < -0.4 is 10.2 Å². The molecule has 1 N–H and O–H groups in total. The fraction of sp³-hybridized carbons (Fsp3) is 0.643. The van der Waals surface area contributed by atoms with Crippen molar-refractivity contribution in [2.45, 2.75) is 32.7 Å². The molecule has 0 spiro atoms. The molecule has 3 nitrogen and oxygen atoms in total. The van der Waals surface area contributed by atoms with Gasteiger partial charge in [0, 0.05) is 29.8 Å². The fourth-order valence-electron chi connectivity index (χ4n) is 2.47. The van der Waals surface area contributed by atoms with E-state index in [9.17, 15) is 0 Å². The molecule has 1 aliphatic rings. The van der Waals surface area contributed by atoms with Crippen LogP contribution in [-0.2, 0) is 0 Å². The molecular weight excluding hydrogens is 370 g/mol. The van der Waals surface area contributed by atoms with Gasteiger partial charge in [0.1, 0.15) is 5.82 Å². The summed E-state index contributed by atoms with van der Waals surface area (Å²) >= 11 is 7.07. The maximum Gasteiger partial charge on any atom is 0.142 e. The van der Waals surface area contributed by atoms with Gasteiger partial charge >= 0.3 is 0 Å². The molecule has 19 heavy (non-hydrogen) atoms. The second kappa shape index (κ2) is 7.04. The van der Waals surface area contributed by atoms with Gasteiger partial charge in [-0.2, -0.15) is 0 Å². The average molecular weight is 391 g/mol. The molecule has 0 saturated carbocycles. The van der Waals surface area contributed by atoms with Crippen LogP contribution in [0, 0.1) is 5.92 Å². The number of pyridine rings is 1. The third kappa shape index (κ3) is 4.43. The zero-order valence-electron chi connectivity index (χ0n) is 11.5. The lowest BCUT2D eigenvalue weighted by Gasteiger charge is -2.34. The summed E-state index contributed by atoms with van der Waals surface area (Å²) in [7, 11) is 0. The fourth-order valence-corrected chi connectivity index (χ4v) is 3.70. The van der Waals surface area contributed by atoms with Gasteiger partial charge < -0.3 is 10.2 Å². The molecule has 5 heteroatoms. The first-order chi connectivity index (χ1) is 9.06. The molecule has 1 aromatic rings. The Morgan fingerprint density at radius 3 is 2.95 bits per heavy atom. The smallest absolute Gasteiger partial charge is 0.142 e. The minimum absolute atomic E-state index is 0.563. The molecule has 1 atom stereocenters. The zero-order valence-corrected chi connectivity index (χ0v) is 14.7. The van der Waals surface area contributed by atoms with Gasteiger partial charge in [-0.3, -0.25) is 0 Å². The second-order valence-electron chi connectivity index (χ2n) is 5.48. The molecule has 2 heterocycles.